The van der Waals surface area contributed by atoms with E-state index in [4.69, 9.17) is 4.74 Å². The van der Waals surface area contributed by atoms with Gasteiger partial charge in [0.1, 0.15) is 5.75 Å². The summed E-state index contributed by atoms with van der Waals surface area (Å²) in [6.07, 6.45) is 0. The second kappa shape index (κ2) is 7.62. The van der Waals surface area contributed by atoms with Crippen LogP contribution >= 0.6 is 0 Å². The monoisotopic (exact) mass is 277 g/mol. The van der Waals surface area contributed by atoms with Gasteiger partial charge in [-0.15, -0.1) is 0 Å². The maximum atomic E-state index is 5.40. The molecule has 0 aliphatic carbocycles. The van der Waals surface area contributed by atoms with Gasteiger partial charge < -0.3 is 15.0 Å². The van der Waals surface area contributed by atoms with Gasteiger partial charge in [-0.2, -0.15) is 0 Å². The van der Waals surface area contributed by atoms with Gasteiger partial charge in [-0.25, -0.2) is 0 Å². The average Bonchev–Trinajstić information content (AvgIpc) is 2.46. The molecule has 4 nitrogen and oxygen atoms in total. The van der Waals surface area contributed by atoms with Crippen molar-refractivity contribution in [3.8, 4) is 5.75 Å². The lowest BCUT2D eigenvalue weighted by molar-refractivity contribution is 0.154. The molecule has 0 atom stereocenters. The Hall–Kier alpha value is -1.10. The first-order valence-electron chi connectivity index (χ1n) is 7.44. The van der Waals surface area contributed by atoms with Crippen LogP contribution in [0.2, 0.25) is 0 Å². The average molecular weight is 277 g/mol. The third-order valence-corrected chi connectivity index (χ3v) is 3.95. The summed E-state index contributed by atoms with van der Waals surface area (Å²) in [4.78, 5) is 4.92. The van der Waals surface area contributed by atoms with Gasteiger partial charge in [0.2, 0.25) is 0 Å². The number of rotatable bonds is 6. The molecule has 1 heterocycles. The zero-order chi connectivity index (χ0) is 14.4. The number of hydrogen-bond acceptors (Lipinski definition) is 4. The molecular formula is C16H27N3O. The highest BCUT2D eigenvalue weighted by molar-refractivity contribution is 5.36. The first-order chi connectivity index (χ1) is 9.69. The first kappa shape index (κ1) is 15.3. The van der Waals surface area contributed by atoms with Gasteiger partial charge in [-0.3, -0.25) is 4.90 Å². The highest BCUT2D eigenvalue weighted by Gasteiger charge is 2.12. The van der Waals surface area contributed by atoms with E-state index >= 15 is 0 Å². The molecule has 2 rings (SSSR count). The Morgan fingerprint density at radius 3 is 2.65 bits per heavy atom. The molecule has 1 N–H and O–H groups in total. The van der Waals surface area contributed by atoms with Crippen LogP contribution in [0.25, 0.3) is 0 Å². The number of aryl methyl sites for hydroxylation is 1. The van der Waals surface area contributed by atoms with E-state index in [1.165, 1.54) is 37.3 Å². The van der Waals surface area contributed by atoms with E-state index in [9.17, 15) is 0 Å². The summed E-state index contributed by atoms with van der Waals surface area (Å²) in [7, 11) is 3.93. The fraction of sp³-hybridized carbons (Fsp3) is 0.625. The Bertz CT molecular complexity index is 414. The first-order valence-corrected chi connectivity index (χ1v) is 7.44. The lowest BCUT2D eigenvalue weighted by atomic mass is 10.1. The van der Waals surface area contributed by atoms with Crippen molar-refractivity contribution in [3.05, 3.63) is 29.3 Å². The number of likely N-dealkylation sites (N-methyl/N-ethyl adjacent to an activating group) is 1. The van der Waals surface area contributed by atoms with Gasteiger partial charge in [0.15, 0.2) is 0 Å². The number of methoxy groups -OCH3 is 1. The van der Waals surface area contributed by atoms with Crippen LogP contribution < -0.4 is 10.1 Å². The van der Waals surface area contributed by atoms with E-state index in [1.54, 1.807) is 7.11 Å². The van der Waals surface area contributed by atoms with E-state index in [2.05, 4.69) is 41.2 Å². The summed E-state index contributed by atoms with van der Waals surface area (Å²) in [5, 5.41) is 3.53. The molecule has 0 bridgehead atoms. The van der Waals surface area contributed by atoms with Gasteiger partial charge in [0.05, 0.1) is 7.11 Å². The van der Waals surface area contributed by atoms with Gasteiger partial charge in [0, 0.05) is 51.4 Å². The largest absolute Gasteiger partial charge is 0.496 e. The molecule has 1 aliphatic rings. The van der Waals surface area contributed by atoms with Gasteiger partial charge in [-0.05, 0) is 20.0 Å². The van der Waals surface area contributed by atoms with Crippen LogP contribution in [0.4, 0.5) is 0 Å². The van der Waals surface area contributed by atoms with Crippen LogP contribution in [-0.4, -0.2) is 63.2 Å². The Kier molecular flexibility index (Phi) is 5.83. The molecule has 0 radical (unpaired) electrons. The molecule has 0 unspecified atom stereocenters. The van der Waals surface area contributed by atoms with Crippen LogP contribution in [0.3, 0.4) is 0 Å². The van der Waals surface area contributed by atoms with Crippen LogP contribution in [0.1, 0.15) is 11.1 Å². The van der Waals surface area contributed by atoms with E-state index in [0.717, 1.165) is 25.4 Å². The highest BCUT2D eigenvalue weighted by atomic mass is 16.5. The fourth-order valence-electron chi connectivity index (χ4n) is 2.58. The third kappa shape index (κ3) is 4.47. The molecule has 1 aromatic rings. The van der Waals surface area contributed by atoms with Crippen molar-refractivity contribution in [2.24, 2.45) is 0 Å². The number of benzene rings is 1. The summed E-state index contributed by atoms with van der Waals surface area (Å²) in [6, 6.07) is 6.33. The molecule has 1 aromatic carbocycles. The van der Waals surface area contributed by atoms with Crippen LogP contribution in [-0.2, 0) is 6.54 Å². The summed E-state index contributed by atoms with van der Waals surface area (Å²) in [5.41, 5.74) is 2.52. The molecular weight excluding hydrogens is 250 g/mol. The van der Waals surface area contributed by atoms with Gasteiger partial charge >= 0.3 is 0 Å². The Labute approximate surface area is 122 Å². The number of nitrogens with zero attached hydrogens (tertiary/aromatic N) is 2. The van der Waals surface area contributed by atoms with E-state index < -0.39 is 0 Å². The zero-order valence-corrected chi connectivity index (χ0v) is 13.0. The molecule has 1 aliphatic heterocycles. The van der Waals surface area contributed by atoms with Crippen molar-refractivity contribution in [3.63, 3.8) is 0 Å². The summed E-state index contributed by atoms with van der Waals surface area (Å²) in [6.45, 7) is 9.89. The van der Waals surface area contributed by atoms with E-state index in [-0.39, 0.29) is 0 Å². The maximum absolute atomic E-state index is 5.40. The molecule has 112 valence electrons. The standard InChI is InChI=1S/C16H27N3O/c1-14-4-5-16(20-3)15(12-14)13-17-6-7-19-10-8-18(2)9-11-19/h4-5,12,17H,6-11,13H2,1-3H3. The predicted octanol–water partition coefficient (Wildman–Crippen LogP) is 1.34. The molecule has 4 heteroatoms. The van der Waals surface area contributed by atoms with Gasteiger partial charge in [0.25, 0.3) is 0 Å². The molecule has 20 heavy (non-hydrogen) atoms. The number of piperazine rings is 1. The topological polar surface area (TPSA) is 27.7 Å². The zero-order valence-electron chi connectivity index (χ0n) is 13.0. The van der Waals surface area contributed by atoms with Crippen LogP contribution in [0.15, 0.2) is 18.2 Å². The van der Waals surface area contributed by atoms with E-state index in [0.29, 0.717) is 0 Å². The van der Waals surface area contributed by atoms with Crippen molar-refractivity contribution in [1.82, 2.24) is 15.1 Å². The minimum atomic E-state index is 0.874. The molecule has 1 saturated heterocycles. The van der Waals surface area contributed by atoms with Crippen LogP contribution in [0, 0.1) is 6.92 Å². The second-order valence-corrected chi connectivity index (χ2v) is 5.64. The maximum Gasteiger partial charge on any atom is 0.123 e. The SMILES string of the molecule is COc1ccc(C)cc1CNCCN1CCN(C)CC1. The van der Waals surface area contributed by atoms with Crippen molar-refractivity contribution in [2.45, 2.75) is 13.5 Å². The van der Waals surface area contributed by atoms with Crippen molar-refractivity contribution < 1.29 is 4.74 Å². The summed E-state index contributed by atoms with van der Waals surface area (Å²) in [5.74, 6) is 0.975. The minimum absolute atomic E-state index is 0.874. The lowest BCUT2D eigenvalue weighted by Gasteiger charge is -2.32. The normalized spacial score (nSPS) is 17.4. The van der Waals surface area contributed by atoms with E-state index in [1.807, 2.05) is 6.07 Å². The molecule has 0 saturated carbocycles. The summed E-state index contributed by atoms with van der Waals surface area (Å²) >= 11 is 0. The molecule has 0 spiro atoms. The summed E-state index contributed by atoms with van der Waals surface area (Å²) < 4.78 is 5.40. The predicted molar refractivity (Wildman–Crippen MR) is 83.4 cm³/mol. The van der Waals surface area contributed by atoms with Crippen molar-refractivity contribution >= 4 is 0 Å². The fourth-order valence-corrected chi connectivity index (χ4v) is 2.58. The molecule has 1 fully saturated rings. The number of nitrogens with one attached hydrogen (secondary N) is 1. The third-order valence-electron chi connectivity index (χ3n) is 3.95. The minimum Gasteiger partial charge on any atom is -0.496 e. The quantitative estimate of drug-likeness (QED) is 0.794. The number of ether oxygens (including phenoxy) is 1. The number of hydrogen-bond donors (Lipinski definition) is 1. The van der Waals surface area contributed by atoms with Crippen molar-refractivity contribution in [2.75, 3.05) is 53.4 Å². The van der Waals surface area contributed by atoms with Crippen LogP contribution in [0.5, 0.6) is 5.75 Å². The smallest absolute Gasteiger partial charge is 0.123 e. The van der Waals surface area contributed by atoms with Crippen molar-refractivity contribution in [1.29, 1.82) is 0 Å². The highest BCUT2D eigenvalue weighted by Crippen LogP contribution is 2.19. The Balaban J connectivity index is 1.72. The Morgan fingerprint density at radius 2 is 1.95 bits per heavy atom. The Morgan fingerprint density at radius 1 is 1.20 bits per heavy atom. The van der Waals surface area contributed by atoms with Gasteiger partial charge in [-0.1, -0.05) is 17.7 Å². The second-order valence-electron chi connectivity index (χ2n) is 5.64. The molecule has 0 amide bonds. The lowest BCUT2D eigenvalue weighted by Crippen LogP contribution is -2.46. The molecule has 0 aromatic heterocycles.